The van der Waals surface area contributed by atoms with E-state index < -0.39 is 10.0 Å². The number of rotatable bonds is 7. The lowest BCUT2D eigenvalue weighted by molar-refractivity contribution is -0.135. The Morgan fingerprint density at radius 2 is 1.83 bits per heavy atom. The fourth-order valence-corrected chi connectivity index (χ4v) is 2.89. The minimum absolute atomic E-state index is 0.116. The number of hydrogen-bond donors (Lipinski definition) is 2. The summed E-state index contributed by atoms with van der Waals surface area (Å²) < 4.78 is 27.5. The predicted octanol–water partition coefficient (Wildman–Crippen LogP) is -0.285. The Bertz CT molecular complexity index is 610. The van der Waals surface area contributed by atoms with Gasteiger partial charge in [-0.15, -0.1) is 0 Å². The molecule has 0 aliphatic carbocycles. The van der Waals surface area contributed by atoms with Gasteiger partial charge < -0.3 is 15.0 Å². The lowest BCUT2D eigenvalue weighted by Crippen LogP contribution is -2.41. The van der Waals surface area contributed by atoms with Gasteiger partial charge in [0.1, 0.15) is 0 Å². The first kappa shape index (κ1) is 17.9. The van der Waals surface area contributed by atoms with E-state index in [1.807, 2.05) is 4.90 Å². The molecular weight excluding hydrogens is 318 g/mol. The van der Waals surface area contributed by atoms with E-state index >= 15 is 0 Å². The second-order valence-corrected chi connectivity index (χ2v) is 6.99. The van der Waals surface area contributed by atoms with Crippen LogP contribution < -0.4 is 10.5 Å². The van der Waals surface area contributed by atoms with E-state index in [1.165, 1.54) is 12.1 Å². The number of morpholine rings is 1. The maximum Gasteiger partial charge on any atom is 0.238 e. The second kappa shape index (κ2) is 8.39. The van der Waals surface area contributed by atoms with Crippen LogP contribution in [-0.2, 0) is 26.0 Å². The molecule has 7 nitrogen and oxygen atoms in total. The van der Waals surface area contributed by atoms with E-state index in [-0.39, 0.29) is 10.8 Å². The molecule has 8 heteroatoms. The molecule has 1 aliphatic rings. The number of amides is 1. The topological polar surface area (TPSA) is 102 Å². The van der Waals surface area contributed by atoms with Crippen molar-refractivity contribution in [1.29, 1.82) is 0 Å². The normalized spacial score (nSPS) is 15.6. The van der Waals surface area contributed by atoms with Gasteiger partial charge >= 0.3 is 0 Å². The lowest BCUT2D eigenvalue weighted by atomic mass is 10.1. The Balaban J connectivity index is 1.64. The molecular formula is C15H23N3O4S. The first-order valence-electron chi connectivity index (χ1n) is 7.65. The number of hydrogen-bond acceptors (Lipinski definition) is 5. The summed E-state index contributed by atoms with van der Waals surface area (Å²) in [5.41, 5.74) is 1.02. The van der Waals surface area contributed by atoms with Gasteiger partial charge in [0.15, 0.2) is 0 Å². The number of benzene rings is 1. The van der Waals surface area contributed by atoms with E-state index in [0.29, 0.717) is 39.3 Å². The van der Waals surface area contributed by atoms with Gasteiger partial charge in [-0.1, -0.05) is 12.1 Å². The molecule has 1 fully saturated rings. The average molecular weight is 341 g/mol. The van der Waals surface area contributed by atoms with Crippen LogP contribution in [0.15, 0.2) is 29.2 Å². The van der Waals surface area contributed by atoms with Crippen molar-refractivity contribution in [1.82, 2.24) is 10.2 Å². The van der Waals surface area contributed by atoms with Crippen molar-refractivity contribution in [2.75, 3.05) is 39.4 Å². The molecule has 0 spiro atoms. The molecule has 1 amide bonds. The Morgan fingerprint density at radius 3 is 2.43 bits per heavy atom. The molecule has 0 unspecified atom stereocenters. The highest BCUT2D eigenvalue weighted by Gasteiger charge is 2.15. The van der Waals surface area contributed by atoms with Crippen LogP contribution >= 0.6 is 0 Å². The van der Waals surface area contributed by atoms with Crippen LogP contribution in [0.2, 0.25) is 0 Å². The van der Waals surface area contributed by atoms with E-state index in [0.717, 1.165) is 18.5 Å². The molecule has 1 aromatic carbocycles. The third-order valence-corrected chi connectivity index (χ3v) is 4.65. The van der Waals surface area contributed by atoms with Gasteiger partial charge in [-0.3, -0.25) is 4.79 Å². The van der Waals surface area contributed by atoms with Crippen LogP contribution in [0.4, 0.5) is 0 Å². The molecule has 0 aromatic heterocycles. The van der Waals surface area contributed by atoms with Gasteiger partial charge in [-0.05, 0) is 30.7 Å². The van der Waals surface area contributed by atoms with Crippen LogP contribution in [0.25, 0.3) is 0 Å². The molecule has 1 heterocycles. The number of nitrogens with zero attached hydrogens (tertiary/aromatic N) is 1. The van der Waals surface area contributed by atoms with Crippen LogP contribution in [0, 0.1) is 0 Å². The summed E-state index contributed by atoms with van der Waals surface area (Å²) in [4.78, 5) is 13.9. The summed E-state index contributed by atoms with van der Waals surface area (Å²) in [6.07, 6.45) is 1.24. The SMILES string of the molecule is NS(=O)(=O)c1ccc(CCNCCC(=O)N2CCOCC2)cc1. The minimum atomic E-state index is -3.64. The first-order valence-corrected chi connectivity index (χ1v) is 9.19. The lowest BCUT2D eigenvalue weighted by Gasteiger charge is -2.26. The van der Waals surface area contributed by atoms with Crippen molar-refractivity contribution in [3.05, 3.63) is 29.8 Å². The highest BCUT2D eigenvalue weighted by Crippen LogP contribution is 2.08. The molecule has 128 valence electrons. The largest absolute Gasteiger partial charge is 0.378 e. The second-order valence-electron chi connectivity index (χ2n) is 5.43. The predicted molar refractivity (Wildman–Crippen MR) is 86.4 cm³/mol. The van der Waals surface area contributed by atoms with E-state index in [2.05, 4.69) is 5.32 Å². The minimum Gasteiger partial charge on any atom is -0.378 e. The highest BCUT2D eigenvalue weighted by atomic mass is 32.2. The van der Waals surface area contributed by atoms with Gasteiger partial charge in [0, 0.05) is 26.1 Å². The highest BCUT2D eigenvalue weighted by molar-refractivity contribution is 7.89. The van der Waals surface area contributed by atoms with E-state index in [1.54, 1.807) is 12.1 Å². The van der Waals surface area contributed by atoms with Crippen LogP contribution in [0.1, 0.15) is 12.0 Å². The average Bonchev–Trinajstić information content (AvgIpc) is 2.55. The van der Waals surface area contributed by atoms with Crippen molar-refractivity contribution < 1.29 is 17.9 Å². The molecule has 0 bridgehead atoms. The zero-order valence-corrected chi connectivity index (χ0v) is 13.8. The molecule has 0 radical (unpaired) electrons. The summed E-state index contributed by atoms with van der Waals surface area (Å²) in [5, 5.41) is 8.28. The van der Waals surface area contributed by atoms with Crippen molar-refractivity contribution in [2.45, 2.75) is 17.7 Å². The molecule has 23 heavy (non-hydrogen) atoms. The van der Waals surface area contributed by atoms with Crippen molar-refractivity contribution in [3.8, 4) is 0 Å². The first-order chi connectivity index (χ1) is 11.0. The number of carbonyl (C=O) groups excluding carboxylic acids is 1. The van der Waals surface area contributed by atoms with Gasteiger partial charge in [0.2, 0.25) is 15.9 Å². The maximum atomic E-state index is 11.9. The van der Waals surface area contributed by atoms with Crippen molar-refractivity contribution >= 4 is 15.9 Å². The van der Waals surface area contributed by atoms with E-state index in [9.17, 15) is 13.2 Å². The number of nitrogens with one attached hydrogen (secondary N) is 1. The summed E-state index contributed by atoms with van der Waals surface area (Å²) in [6, 6.07) is 6.51. The number of carbonyl (C=O) groups is 1. The van der Waals surface area contributed by atoms with Gasteiger partial charge in [-0.25, -0.2) is 13.6 Å². The Kier molecular flexibility index (Phi) is 6.52. The maximum absolute atomic E-state index is 11.9. The Labute approximate surface area is 136 Å². The molecule has 0 atom stereocenters. The molecule has 2 rings (SSSR count). The zero-order valence-electron chi connectivity index (χ0n) is 13.0. The smallest absolute Gasteiger partial charge is 0.238 e. The molecule has 1 aliphatic heterocycles. The van der Waals surface area contributed by atoms with Crippen LogP contribution in [-0.4, -0.2) is 58.6 Å². The summed E-state index contributed by atoms with van der Waals surface area (Å²) in [7, 11) is -3.64. The van der Waals surface area contributed by atoms with Gasteiger partial charge in [0.25, 0.3) is 0 Å². The summed E-state index contributed by atoms with van der Waals surface area (Å²) >= 11 is 0. The number of nitrogens with two attached hydrogens (primary N) is 1. The zero-order chi connectivity index (χ0) is 16.7. The molecule has 0 saturated carbocycles. The summed E-state index contributed by atoms with van der Waals surface area (Å²) in [5.74, 6) is 0.151. The fourth-order valence-electron chi connectivity index (χ4n) is 2.37. The molecule has 1 aromatic rings. The Morgan fingerprint density at radius 1 is 1.17 bits per heavy atom. The number of ether oxygens (including phenoxy) is 1. The van der Waals surface area contributed by atoms with Crippen molar-refractivity contribution in [2.24, 2.45) is 5.14 Å². The Hall–Kier alpha value is -1.48. The monoisotopic (exact) mass is 341 g/mol. The third kappa shape index (κ3) is 5.91. The standard InChI is InChI=1S/C15H23N3O4S/c16-23(20,21)14-3-1-13(2-4-14)5-7-17-8-6-15(19)18-9-11-22-12-10-18/h1-4,17H,5-12H2,(H2,16,20,21). The van der Waals surface area contributed by atoms with E-state index in [4.69, 9.17) is 9.88 Å². The molecule has 3 N–H and O–H groups in total. The van der Waals surface area contributed by atoms with Gasteiger partial charge in [-0.2, -0.15) is 0 Å². The molecule has 1 saturated heterocycles. The number of sulfonamides is 1. The quantitative estimate of drug-likeness (QED) is 0.664. The number of primary sulfonamides is 1. The summed E-state index contributed by atoms with van der Waals surface area (Å²) in [6.45, 7) is 3.95. The third-order valence-electron chi connectivity index (χ3n) is 3.72. The van der Waals surface area contributed by atoms with Gasteiger partial charge in [0.05, 0.1) is 18.1 Å². The van der Waals surface area contributed by atoms with Crippen molar-refractivity contribution in [3.63, 3.8) is 0 Å². The van der Waals surface area contributed by atoms with Crippen LogP contribution in [0.3, 0.4) is 0 Å². The van der Waals surface area contributed by atoms with Crippen LogP contribution in [0.5, 0.6) is 0 Å². The fraction of sp³-hybridized carbons (Fsp3) is 0.533.